The molecule has 218 valence electrons. The first-order valence-corrected chi connectivity index (χ1v) is 13.9. The highest BCUT2D eigenvalue weighted by Gasteiger charge is 2.24. The van der Waals surface area contributed by atoms with Crippen molar-refractivity contribution in [1.29, 1.82) is 5.26 Å². The molecule has 0 aliphatic carbocycles. The van der Waals surface area contributed by atoms with Crippen molar-refractivity contribution in [2.75, 3.05) is 13.1 Å². The van der Waals surface area contributed by atoms with E-state index in [2.05, 4.69) is 15.2 Å². The zero-order chi connectivity index (χ0) is 29.9. The van der Waals surface area contributed by atoms with Gasteiger partial charge in [0.1, 0.15) is 18.2 Å². The van der Waals surface area contributed by atoms with E-state index in [4.69, 9.17) is 20.0 Å². The number of carbonyl (C=O) groups is 1. The van der Waals surface area contributed by atoms with Crippen molar-refractivity contribution in [2.45, 2.75) is 38.5 Å². The number of carboxylic acid groups (broad SMARTS) is 1. The number of aryl methyl sites for hydroxylation is 1. The van der Waals surface area contributed by atoms with Crippen LogP contribution in [-0.4, -0.2) is 58.6 Å². The average Bonchev–Trinajstić information content (AvgIpc) is 3.58. The number of nitrogens with zero attached hydrogens (tertiary/aromatic N) is 8. The molecule has 0 atom stereocenters. The number of rotatable bonds is 9. The van der Waals surface area contributed by atoms with Gasteiger partial charge in [-0.1, -0.05) is 17.3 Å². The number of carboxylic acids is 1. The quantitative estimate of drug-likeness (QED) is 0.271. The van der Waals surface area contributed by atoms with E-state index >= 15 is 0 Å². The monoisotopic (exact) mass is 580 g/mol. The lowest BCUT2D eigenvalue weighted by molar-refractivity contribution is 0.0697. The zero-order valence-corrected chi connectivity index (χ0v) is 23.5. The van der Waals surface area contributed by atoms with Crippen LogP contribution in [0.2, 0.25) is 0 Å². The summed E-state index contributed by atoms with van der Waals surface area (Å²) in [6.45, 7) is 2.78. The van der Waals surface area contributed by atoms with Crippen molar-refractivity contribution in [2.24, 2.45) is 7.05 Å². The van der Waals surface area contributed by atoms with Crippen LogP contribution in [0.3, 0.4) is 0 Å². The van der Waals surface area contributed by atoms with Gasteiger partial charge in [-0.15, -0.1) is 5.10 Å². The number of aromatic carboxylic acids is 1. The van der Waals surface area contributed by atoms with E-state index < -0.39 is 11.8 Å². The third-order valence-electron chi connectivity index (χ3n) is 7.88. The first-order chi connectivity index (χ1) is 20.9. The third kappa shape index (κ3) is 6.07. The average molecular weight is 581 g/mol. The molecule has 1 aliphatic rings. The largest absolute Gasteiger partial charge is 0.478 e. The van der Waals surface area contributed by atoms with Gasteiger partial charge in [0, 0.05) is 30.3 Å². The summed E-state index contributed by atoms with van der Waals surface area (Å²) < 4.78 is 23.8. The number of pyridine rings is 1. The summed E-state index contributed by atoms with van der Waals surface area (Å²) in [5.41, 5.74) is 4.17. The molecule has 0 radical (unpaired) electrons. The van der Waals surface area contributed by atoms with E-state index in [-0.39, 0.29) is 23.7 Å². The lowest BCUT2D eigenvalue weighted by atomic mass is 9.93. The van der Waals surface area contributed by atoms with Gasteiger partial charge in [-0.3, -0.25) is 9.58 Å². The summed E-state index contributed by atoms with van der Waals surface area (Å²) in [6, 6.07) is 16.9. The molecule has 43 heavy (non-hydrogen) atoms. The summed E-state index contributed by atoms with van der Waals surface area (Å²) in [6.07, 6.45) is 3.50. The highest BCUT2D eigenvalue weighted by atomic mass is 19.1. The topological polar surface area (TPSA) is 135 Å². The molecule has 1 saturated heterocycles. The number of ether oxygens (including phenoxy) is 1. The molecular formula is C31H29FN8O3. The van der Waals surface area contributed by atoms with Crippen LogP contribution < -0.4 is 4.74 Å². The molecule has 5 aromatic rings. The third-order valence-corrected chi connectivity index (χ3v) is 7.88. The Labute approximate surface area is 246 Å². The van der Waals surface area contributed by atoms with Gasteiger partial charge in [-0.2, -0.15) is 5.26 Å². The minimum atomic E-state index is -0.982. The number of piperidine rings is 1. The van der Waals surface area contributed by atoms with Gasteiger partial charge in [-0.25, -0.2) is 19.2 Å². The van der Waals surface area contributed by atoms with E-state index in [1.54, 1.807) is 47.3 Å². The van der Waals surface area contributed by atoms with Gasteiger partial charge in [0.15, 0.2) is 0 Å². The molecule has 3 aromatic heterocycles. The maximum atomic E-state index is 14.3. The number of imidazole rings is 1. The number of hydrogen-bond acceptors (Lipinski definition) is 8. The summed E-state index contributed by atoms with van der Waals surface area (Å²) in [4.78, 5) is 23.6. The first kappa shape index (κ1) is 28.0. The first-order valence-electron chi connectivity index (χ1n) is 13.9. The predicted octanol–water partition coefficient (Wildman–Crippen LogP) is 4.28. The molecule has 1 N–H and O–H groups in total. The van der Waals surface area contributed by atoms with Crippen LogP contribution in [0.1, 0.15) is 57.5 Å². The van der Waals surface area contributed by atoms with Gasteiger partial charge in [0.05, 0.1) is 53.2 Å². The number of fused-ring (bicyclic) bond motifs is 1. The molecule has 0 unspecified atom stereocenters. The Morgan fingerprint density at radius 3 is 2.67 bits per heavy atom. The fourth-order valence-corrected chi connectivity index (χ4v) is 5.43. The Morgan fingerprint density at radius 1 is 1.12 bits per heavy atom. The molecule has 1 aliphatic heterocycles. The molecule has 6 rings (SSSR count). The summed E-state index contributed by atoms with van der Waals surface area (Å²) in [5.74, 6) is 0.0767. The van der Waals surface area contributed by atoms with Crippen molar-refractivity contribution in [3.8, 4) is 11.9 Å². The van der Waals surface area contributed by atoms with Crippen LogP contribution in [-0.2, 0) is 26.7 Å². The van der Waals surface area contributed by atoms with Gasteiger partial charge in [0.2, 0.25) is 5.88 Å². The number of benzene rings is 2. The molecule has 0 amide bonds. The van der Waals surface area contributed by atoms with Crippen LogP contribution in [0.4, 0.5) is 4.39 Å². The standard InChI is InChI=1S/C31H29FN8O3/c1-38-24(16-34-37-38)17-40-28-14-22(31(41)42)7-8-27(28)35-29(40)18-39-11-9-21(10-12-39)26-3-2-4-30(36-26)43-19-23-6-5-20(15-33)13-25(23)32/h2-8,13-14,16,21H,9-12,17-19H2,1H3,(H,41,42). The van der Waals surface area contributed by atoms with Crippen LogP contribution >= 0.6 is 0 Å². The molecule has 11 nitrogen and oxygen atoms in total. The SMILES string of the molecule is Cn1nncc1Cn1c(CN2CCC(c3cccc(OCc4ccc(C#N)cc4F)n3)CC2)nc2ccc(C(=O)O)cc21. The second kappa shape index (κ2) is 12.0. The molecule has 0 saturated carbocycles. The van der Waals surface area contributed by atoms with Crippen LogP contribution in [0.5, 0.6) is 5.88 Å². The highest BCUT2D eigenvalue weighted by molar-refractivity contribution is 5.92. The minimum absolute atomic E-state index is 0.0241. The summed E-state index contributed by atoms with van der Waals surface area (Å²) in [5, 5.41) is 26.5. The Balaban J connectivity index is 1.13. The lowest BCUT2D eigenvalue weighted by Crippen LogP contribution is -2.33. The van der Waals surface area contributed by atoms with Crippen LogP contribution in [0, 0.1) is 17.1 Å². The van der Waals surface area contributed by atoms with E-state index in [0.29, 0.717) is 24.5 Å². The molecule has 4 heterocycles. The maximum absolute atomic E-state index is 14.3. The Bertz CT molecular complexity index is 1830. The van der Waals surface area contributed by atoms with Gasteiger partial charge in [-0.05, 0) is 62.3 Å². The second-order valence-electron chi connectivity index (χ2n) is 10.6. The zero-order valence-electron chi connectivity index (χ0n) is 23.5. The van der Waals surface area contributed by atoms with Crippen molar-refractivity contribution in [1.82, 2.24) is 34.4 Å². The van der Waals surface area contributed by atoms with Crippen LogP contribution in [0.15, 0.2) is 60.8 Å². The minimum Gasteiger partial charge on any atom is -0.478 e. The van der Waals surface area contributed by atoms with Crippen molar-refractivity contribution in [3.63, 3.8) is 0 Å². The van der Waals surface area contributed by atoms with Crippen molar-refractivity contribution in [3.05, 3.63) is 101 Å². The molecule has 0 bridgehead atoms. The predicted molar refractivity (Wildman–Crippen MR) is 154 cm³/mol. The fourth-order valence-electron chi connectivity index (χ4n) is 5.43. The van der Waals surface area contributed by atoms with Crippen molar-refractivity contribution < 1.29 is 19.0 Å². The molecular weight excluding hydrogens is 551 g/mol. The fraction of sp³-hybridized carbons (Fsp3) is 0.290. The number of hydrogen-bond donors (Lipinski definition) is 1. The van der Waals surface area contributed by atoms with E-state index in [1.165, 1.54) is 6.07 Å². The molecule has 1 fully saturated rings. The van der Waals surface area contributed by atoms with Gasteiger partial charge < -0.3 is 14.4 Å². The Hall–Kier alpha value is -5.15. The number of nitriles is 1. The molecule has 0 spiro atoms. The van der Waals surface area contributed by atoms with E-state index in [9.17, 15) is 14.3 Å². The van der Waals surface area contributed by atoms with Gasteiger partial charge in [0.25, 0.3) is 0 Å². The Kier molecular flexibility index (Phi) is 7.81. The van der Waals surface area contributed by atoms with Crippen LogP contribution in [0.25, 0.3) is 11.0 Å². The Morgan fingerprint density at radius 2 is 1.95 bits per heavy atom. The summed E-state index contributed by atoms with van der Waals surface area (Å²) >= 11 is 0. The second-order valence-corrected chi connectivity index (χ2v) is 10.6. The van der Waals surface area contributed by atoms with Gasteiger partial charge >= 0.3 is 5.97 Å². The van der Waals surface area contributed by atoms with E-state index in [1.807, 2.05) is 29.8 Å². The maximum Gasteiger partial charge on any atom is 0.335 e. The number of halogens is 1. The molecule has 2 aromatic carbocycles. The van der Waals surface area contributed by atoms with E-state index in [0.717, 1.165) is 54.2 Å². The number of likely N-dealkylation sites (tertiary alicyclic amines) is 1. The lowest BCUT2D eigenvalue weighted by Gasteiger charge is -2.31. The number of aromatic nitrogens is 6. The highest BCUT2D eigenvalue weighted by Crippen LogP contribution is 2.29. The smallest absolute Gasteiger partial charge is 0.335 e. The summed E-state index contributed by atoms with van der Waals surface area (Å²) in [7, 11) is 1.83. The van der Waals surface area contributed by atoms with Crippen molar-refractivity contribution >= 4 is 17.0 Å². The normalized spacial score (nSPS) is 14.2. The molecule has 12 heteroatoms.